The third-order valence-electron chi connectivity index (χ3n) is 3.84. The summed E-state index contributed by atoms with van der Waals surface area (Å²) < 4.78 is 23.1. The van der Waals surface area contributed by atoms with Gasteiger partial charge in [0.1, 0.15) is 5.82 Å². The van der Waals surface area contributed by atoms with Gasteiger partial charge in [0.05, 0.1) is 13.2 Å². The topological polar surface area (TPSA) is 69.7 Å². The number of ether oxygens (including phenoxy) is 2. The Morgan fingerprint density at radius 3 is 2.39 bits per heavy atom. The predicted octanol–water partition coefficient (Wildman–Crippen LogP) is 2.31. The van der Waals surface area contributed by atoms with Crippen LogP contribution >= 0.6 is 0 Å². The molecule has 0 amide bonds. The lowest BCUT2D eigenvalue weighted by Gasteiger charge is -2.17. The fourth-order valence-corrected chi connectivity index (χ4v) is 2.78. The summed E-state index contributed by atoms with van der Waals surface area (Å²) in [6, 6.07) is 4.05. The zero-order valence-corrected chi connectivity index (χ0v) is 13.1. The van der Waals surface area contributed by atoms with Gasteiger partial charge < -0.3 is 9.47 Å². The van der Waals surface area contributed by atoms with Crippen LogP contribution < -0.4 is 0 Å². The highest BCUT2D eigenvalue weighted by Gasteiger charge is 2.38. The fraction of sp³-hybridized carbons (Fsp3) is 0.471. The number of carbonyl (C=O) groups is 3. The number of ketones is 1. The number of hydrogen-bond donors (Lipinski definition) is 0. The van der Waals surface area contributed by atoms with Crippen molar-refractivity contribution in [2.75, 3.05) is 13.2 Å². The highest BCUT2D eigenvalue weighted by atomic mass is 19.1. The Hall–Kier alpha value is -2.24. The van der Waals surface area contributed by atoms with Crippen molar-refractivity contribution in [1.82, 2.24) is 0 Å². The van der Waals surface area contributed by atoms with Crippen molar-refractivity contribution in [2.45, 2.75) is 26.7 Å². The lowest BCUT2D eigenvalue weighted by atomic mass is 9.91. The SMILES string of the molecule is CCOC(=O)C(CC1Cc2ccc(F)cc2C1=O)C(=O)OCC. The first-order valence-corrected chi connectivity index (χ1v) is 7.63. The summed E-state index contributed by atoms with van der Waals surface area (Å²) in [5, 5.41) is 0. The van der Waals surface area contributed by atoms with Crippen molar-refractivity contribution in [2.24, 2.45) is 11.8 Å². The van der Waals surface area contributed by atoms with Gasteiger partial charge in [-0.25, -0.2) is 4.39 Å². The molecular formula is C17H19FO5. The lowest BCUT2D eigenvalue weighted by molar-refractivity contribution is -0.162. The largest absolute Gasteiger partial charge is 0.465 e. The van der Waals surface area contributed by atoms with Crippen LogP contribution in [0.2, 0.25) is 0 Å². The van der Waals surface area contributed by atoms with E-state index in [0.717, 1.165) is 5.56 Å². The summed E-state index contributed by atoms with van der Waals surface area (Å²) in [6.07, 6.45) is 0.385. The predicted molar refractivity (Wildman–Crippen MR) is 79.3 cm³/mol. The van der Waals surface area contributed by atoms with Gasteiger partial charge in [-0.3, -0.25) is 14.4 Å². The Labute approximate surface area is 133 Å². The molecule has 6 heteroatoms. The smallest absolute Gasteiger partial charge is 0.320 e. The molecule has 1 aliphatic carbocycles. The third-order valence-corrected chi connectivity index (χ3v) is 3.84. The number of carbonyl (C=O) groups excluding carboxylic acids is 3. The van der Waals surface area contributed by atoms with E-state index in [1.165, 1.54) is 12.1 Å². The first-order chi connectivity index (χ1) is 11.0. The molecule has 0 spiro atoms. The molecule has 5 nitrogen and oxygen atoms in total. The van der Waals surface area contributed by atoms with Crippen LogP contribution in [0.25, 0.3) is 0 Å². The monoisotopic (exact) mass is 322 g/mol. The normalized spacial score (nSPS) is 16.3. The van der Waals surface area contributed by atoms with E-state index in [4.69, 9.17) is 9.47 Å². The molecule has 0 bridgehead atoms. The number of rotatable bonds is 6. The molecule has 0 radical (unpaired) electrons. The van der Waals surface area contributed by atoms with Crippen LogP contribution in [-0.4, -0.2) is 30.9 Å². The molecule has 0 saturated carbocycles. The highest BCUT2D eigenvalue weighted by molar-refractivity contribution is 6.03. The van der Waals surface area contributed by atoms with E-state index in [-0.39, 0.29) is 25.4 Å². The van der Waals surface area contributed by atoms with Gasteiger partial charge in [-0.2, -0.15) is 0 Å². The van der Waals surface area contributed by atoms with Gasteiger partial charge in [0.25, 0.3) is 0 Å². The molecule has 0 aliphatic heterocycles. The van der Waals surface area contributed by atoms with E-state index in [0.29, 0.717) is 12.0 Å². The van der Waals surface area contributed by atoms with Crippen molar-refractivity contribution < 1.29 is 28.2 Å². The number of Topliss-reactive ketones (excluding diaryl/α,β-unsaturated/α-hetero) is 1. The van der Waals surface area contributed by atoms with Gasteiger partial charge in [-0.1, -0.05) is 6.07 Å². The van der Waals surface area contributed by atoms with E-state index in [2.05, 4.69) is 0 Å². The molecule has 0 fully saturated rings. The van der Waals surface area contributed by atoms with Gasteiger partial charge >= 0.3 is 11.9 Å². The van der Waals surface area contributed by atoms with E-state index < -0.39 is 29.6 Å². The first-order valence-electron chi connectivity index (χ1n) is 7.63. The van der Waals surface area contributed by atoms with Crippen molar-refractivity contribution in [3.8, 4) is 0 Å². The molecule has 1 aromatic rings. The van der Waals surface area contributed by atoms with Crippen LogP contribution in [0.5, 0.6) is 0 Å². The Morgan fingerprint density at radius 1 is 1.22 bits per heavy atom. The molecule has 1 unspecified atom stereocenters. The van der Waals surface area contributed by atoms with Crippen LogP contribution in [0.15, 0.2) is 18.2 Å². The third kappa shape index (κ3) is 3.75. The first kappa shape index (κ1) is 17.1. The average Bonchev–Trinajstić information content (AvgIpc) is 2.81. The molecule has 1 atom stereocenters. The standard InChI is InChI=1S/C17H19FO5/c1-3-22-16(20)14(17(21)23-4-2)8-11-7-10-5-6-12(18)9-13(10)15(11)19/h5-6,9,11,14H,3-4,7-8H2,1-2H3. The summed E-state index contributed by atoms with van der Waals surface area (Å²) in [4.78, 5) is 36.3. The van der Waals surface area contributed by atoms with Gasteiger partial charge in [-0.15, -0.1) is 0 Å². The second kappa shape index (κ2) is 7.35. The summed E-state index contributed by atoms with van der Waals surface area (Å²) in [5.41, 5.74) is 1.05. The zero-order chi connectivity index (χ0) is 17.0. The maximum atomic E-state index is 13.3. The molecule has 124 valence electrons. The maximum Gasteiger partial charge on any atom is 0.320 e. The second-order valence-electron chi connectivity index (χ2n) is 5.36. The summed E-state index contributed by atoms with van der Waals surface area (Å²) in [7, 11) is 0. The van der Waals surface area contributed by atoms with Gasteiger partial charge in [0, 0.05) is 11.5 Å². The van der Waals surface area contributed by atoms with Crippen molar-refractivity contribution in [3.05, 3.63) is 35.1 Å². The minimum atomic E-state index is -1.14. The molecule has 0 saturated heterocycles. The Balaban J connectivity index is 2.16. The Morgan fingerprint density at radius 2 is 1.83 bits per heavy atom. The Kier molecular flexibility index (Phi) is 5.47. The minimum Gasteiger partial charge on any atom is -0.465 e. The number of hydrogen-bond acceptors (Lipinski definition) is 5. The van der Waals surface area contributed by atoms with Crippen LogP contribution in [0.3, 0.4) is 0 Å². The summed E-state index contributed by atoms with van der Waals surface area (Å²) >= 11 is 0. The lowest BCUT2D eigenvalue weighted by Crippen LogP contribution is -2.31. The van der Waals surface area contributed by atoms with Crippen LogP contribution in [0, 0.1) is 17.7 Å². The maximum absolute atomic E-state index is 13.3. The molecule has 1 aliphatic rings. The molecule has 2 rings (SSSR count). The summed E-state index contributed by atoms with van der Waals surface area (Å²) in [6.45, 7) is 3.55. The molecule has 1 aromatic carbocycles. The molecule has 0 N–H and O–H groups in total. The molecular weight excluding hydrogens is 303 g/mol. The van der Waals surface area contributed by atoms with Crippen LogP contribution in [0.1, 0.15) is 36.2 Å². The fourth-order valence-electron chi connectivity index (χ4n) is 2.78. The zero-order valence-electron chi connectivity index (χ0n) is 13.1. The van der Waals surface area contributed by atoms with Crippen molar-refractivity contribution in [1.29, 1.82) is 0 Å². The van der Waals surface area contributed by atoms with E-state index in [1.54, 1.807) is 19.9 Å². The highest BCUT2D eigenvalue weighted by Crippen LogP contribution is 2.32. The van der Waals surface area contributed by atoms with Crippen LogP contribution in [0.4, 0.5) is 4.39 Å². The van der Waals surface area contributed by atoms with Gasteiger partial charge in [0.2, 0.25) is 0 Å². The number of benzene rings is 1. The molecule has 0 heterocycles. The van der Waals surface area contributed by atoms with Gasteiger partial charge in [0.15, 0.2) is 11.7 Å². The molecule has 23 heavy (non-hydrogen) atoms. The van der Waals surface area contributed by atoms with Gasteiger partial charge in [-0.05, 0) is 44.4 Å². The van der Waals surface area contributed by atoms with Crippen molar-refractivity contribution in [3.63, 3.8) is 0 Å². The quantitative estimate of drug-likeness (QED) is 0.594. The second-order valence-corrected chi connectivity index (χ2v) is 5.36. The summed E-state index contributed by atoms with van der Waals surface area (Å²) in [5.74, 6) is -3.81. The minimum absolute atomic E-state index is 0.00675. The molecule has 0 aromatic heterocycles. The van der Waals surface area contributed by atoms with E-state index >= 15 is 0 Å². The number of halogens is 1. The van der Waals surface area contributed by atoms with Crippen LogP contribution in [-0.2, 0) is 25.5 Å². The Bertz CT molecular complexity index is 607. The number of esters is 2. The van der Waals surface area contributed by atoms with Crippen molar-refractivity contribution >= 4 is 17.7 Å². The van der Waals surface area contributed by atoms with E-state index in [9.17, 15) is 18.8 Å². The van der Waals surface area contributed by atoms with E-state index in [1.807, 2.05) is 0 Å². The average molecular weight is 322 g/mol. The number of fused-ring (bicyclic) bond motifs is 1.